The second-order valence-corrected chi connectivity index (χ2v) is 7.65. The highest BCUT2D eigenvalue weighted by molar-refractivity contribution is 5.91. The fraction of sp³-hybridized carbons (Fsp3) is 0.304. The molecule has 4 rings (SSSR count). The lowest BCUT2D eigenvalue weighted by Gasteiger charge is -2.31. The molecule has 30 heavy (non-hydrogen) atoms. The van der Waals surface area contributed by atoms with Crippen molar-refractivity contribution < 1.29 is 4.79 Å². The van der Waals surface area contributed by atoms with Crippen LogP contribution in [0, 0.1) is 12.8 Å². The van der Waals surface area contributed by atoms with Gasteiger partial charge in [0.2, 0.25) is 5.91 Å². The van der Waals surface area contributed by atoms with E-state index in [9.17, 15) is 4.79 Å². The maximum Gasteiger partial charge on any atom is 0.246 e. The van der Waals surface area contributed by atoms with Gasteiger partial charge >= 0.3 is 0 Å². The minimum atomic E-state index is 0.0594. The van der Waals surface area contributed by atoms with Crippen LogP contribution in [0.4, 0.5) is 11.6 Å². The van der Waals surface area contributed by atoms with Gasteiger partial charge in [-0.05, 0) is 68.0 Å². The number of amides is 1. The topological polar surface area (TPSA) is 86.8 Å². The van der Waals surface area contributed by atoms with Crippen molar-refractivity contribution in [3.63, 3.8) is 0 Å². The van der Waals surface area contributed by atoms with Gasteiger partial charge in [0.05, 0.1) is 18.2 Å². The minimum absolute atomic E-state index is 0.0594. The Bertz CT molecular complexity index is 1010. The van der Waals surface area contributed by atoms with Crippen molar-refractivity contribution in [1.29, 1.82) is 0 Å². The number of carbonyl (C=O) groups is 1. The van der Waals surface area contributed by atoms with Gasteiger partial charge in [-0.3, -0.25) is 4.79 Å². The predicted molar refractivity (Wildman–Crippen MR) is 117 cm³/mol. The van der Waals surface area contributed by atoms with Crippen molar-refractivity contribution in [2.75, 3.05) is 18.4 Å². The quantitative estimate of drug-likeness (QED) is 0.613. The fourth-order valence-electron chi connectivity index (χ4n) is 3.73. The van der Waals surface area contributed by atoms with Gasteiger partial charge in [0, 0.05) is 31.1 Å². The summed E-state index contributed by atoms with van der Waals surface area (Å²) in [7, 11) is 0. The first-order valence-corrected chi connectivity index (χ1v) is 10.3. The molecular formula is C23H26N6O. The number of aryl methyl sites for hydroxylation is 1. The summed E-state index contributed by atoms with van der Waals surface area (Å²) in [4.78, 5) is 30.1. The van der Waals surface area contributed by atoms with E-state index in [4.69, 9.17) is 0 Å². The van der Waals surface area contributed by atoms with Gasteiger partial charge in [-0.25, -0.2) is 15.0 Å². The molecule has 4 heterocycles. The highest BCUT2D eigenvalue weighted by atomic mass is 16.2. The van der Waals surface area contributed by atoms with Crippen molar-refractivity contribution in [1.82, 2.24) is 24.8 Å². The third-order valence-electron chi connectivity index (χ3n) is 5.34. The van der Waals surface area contributed by atoms with Gasteiger partial charge < -0.3 is 15.2 Å². The molecule has 2 N–H and O–H groups in total. The molecule has 0 aromatic carbocycles. The Balaban J connectivity index is 1.29. The summed E-state index contributed by atoms with van der Waals surface area (Å²) in [6.07, 6.45) is 11.5. The van der Waals surface area contributed by atoms with Crippen molar-refractivity contribution in [3.05, 3.63) is 72.1 Å². The van der Waals surface area contributed by atoms with E-state index in [-0.39, 0.29) is 5.91 Å². The van der Waals surface area contributed by atoms with Crippen molar-refractivity contribution >= 4 is 23.6 Å². The van der Waals surface area contributed by atoms with Crippen LogP contribution in [0.3, 0.4) is 0 Å². The molecule has 0 saturated carbocycles. The molecule has 1 fully saturated rings. The van der Waals surface area contributed by atoms with E-state index in [0.717, 1.165) is 55.4 Å². The first-order chi connectivity index (χ1) is 14.7. The molecule has 1 aliphatic heterocycles. The molecule has 7 nitrogen and oxygen atoms in total. The summed E-state index contributed by atoms with van der Waals surface area (Å²) in [6, 6.07) is 10.1. The molecule has 0 aliphatic carbocycles. The molecule has 154 valence electrons. The van der Waals surface area contributed by atoms with Crippen molar-refractivity contribution in [2.45, 2.75) is 26.2 Å². The smallest absolute Gasteiger partial charge is 0.246 e. The molecule has 1 amide bonds. The number of pyridine rings is 2. The molecule has 0 radical (unpaired) electrons. The lowest BCUT2D eigenvalue weighted by molar-refractivity contribution is -0.127. The molecule has 0 spiro atoms. The first kappa shape index (κ1) is 19.8. The third kappa shape index (κ3) is 5.31. The summed E-state index contributed by atoms with van der Waals surface area (Å²) in [5.74, 6) is 2.24. The molecule has 0 atom stereocenters. The number of nitrogens with zero attached hydrogens (tertiary/aromatic N) is 4. The Morgan fingerprint density at radius 2 is 2.13 bits per heavy atom. The summed E-state index contributed by atoms with van der Waals surface area (Å²) >= 11 is 0. The van der Waals surface area contributed by atoms with Crippen LogP contribution in [0.25, 0.3) is 6.08 Å². The van der Waals surface area contributed by atoms with Gasteiger partial charge in [0.1, 0.15) is 11.6 Å². The summed E-state index contributed by atoms with van der Waals surface area (Å²) in [6.45, 7) is 3.56. The Hall–Kier alpha value is -3.48. The number of rotatable bonds is 6. The molecule has 7 heteroatoms. The lowest BCUT2D eigenvalue weighted by atomic mass is 9.90. The fourth-order valence-corrected chi connectivity index (χ4v) is 3.73. The van der Waals surface area contributed by atoms with Crippen LogP contribution in [-0.4, -0.2) is 43.8 Å². The summed E-state index contributed by atoms with van der Waals surface area (Å²) < 4.78 is 0. The monoisotopic (exact) mass is 402 g/mol. The van der Waals surface area contributed by atoms with E-state index in [0.29, 0.717) is 5.92 Å². The zero-order chi connectivity index (χ0) is 20.8. The van der Waals surface area contributed by atoms with Gasteiger partial charge in [0.25, 0.3) is 0 Å². The normalized spacial score (nSPS) is 14.9. The number of anilines is 2. The van der Waals surface area contributed by atoms with E-state index in [1.54, 1.807) is 24.7 Å². The zero-order valence-electron chi connectivity index (χ0n) is 17.1. The van der Waals surface area contributed by atoms with E-state index < -0.39 is 0 Å². The van der Waals surface area contributed by atoms with E-state index in [1.807, 2.05) is 36.2 Å². The number of likely N-dealkylation sites (tertiary alicyclic amines) is 1. The predicted octanol–water partition coefficient (Wildman–Crippen LogP) is 3.75. The summed E-state index contributed by atoms with van der Waals surface area (Å²) in [5.41, 5.74) is 3.06. The Labute approximate surface area is 176 Å². The number of hydrogen-bond acceptors (Lipinski definition) is 5. The first-order valence-electron chi connectivity index (χ1n) is 10.3. The molecule has 1 saturated heterocycles. The number of aromatic nitrogens is 4. The van der Waals surface area contributed by atoms with Crippen molar-refractivity contribution in [2.24, 2.45) is 5.92 Å². The second-order valence-electron chi connectivity index (χ2n) is 7.65. The largest absolute Gasteiger partial charge is 0.345 e. The average molecular weight is 403 g/mol. The van der Waals surface area contributed by atoms with E-state index >= 15 is 0 Å². The number of imidazole rings is 1. The van der Waals surface area contributed by atoms with Gasteiger partial charge in [-0.15, -0.1) is 0 Å². The van der Waals surface area contributed by atoms with Crippen LogP contribution in [0.2, 0.25) is 0 Å². The van der Waals surface area contributed by atoms with Crippen LogP contribution >= 0.6 is 0 Å². The zero-order valence-corrected chi connectivity index (χ0v) is 17.1. The minimum Gasteiger partial charge on any atom is -0.345 e. The lowest BCUT2D eigenvalue weighted by Crippen LogP contribution is -2.37. The number of hydrogen-bond donors (Lipinski definition) is 2. The molecule has 0 bridgehead atoms. The molecule has 1 aliphatic rings. The van der Waals surface area contributed by atoms with Crippen LogP contribution in [0.15, 0.2) is 55.1 Å². The van der Waals surface area contributed by atoms with Gasteiger partial charge in [-0.2, -0.15) is 0 Å². The van der Waals surface area contributed by atoms with Crippen LogP contribution < -0.4 is 5.32 Å². The highest BCUT2D eigenvalue weighted by Crippen LogP contribution is 2.23. The maximum atomic E-state index is 12.4. The maximum absolute atomic E-state index is 12.4. The van der Waals surface area contributed by atoms with Gasteiger partial charge in [-0.1, -0.05) is 6.07 Å². The van der Waals surface area contributed by atoms with Crippen LogP contribution in [-0.2, 0) is 11.2 Å². The molecule has 3 aromatic heterocycles. The van der Waals surface area contributed by atoms with Crippen LogP contribution in [0.1, 0.15) is 29.8 Å². The van der Waals surface area contributed by atoms with E-state index in [1.165, 1.54) is 5.56 Å². The Morgan fingerprint density at radius 1 is 1.27 bits per heavy atom. The molecule has 0 unspecified atom stereocenters. The SMILES string of the molecule is Cc1cccc(Nc2cc(CC3CCN(C(=O)C=Cc4cnc[nH]4)CC3)ccn2)n1. The second kappa shape index (κ2) is 9.35. The van der Waals surface area contributed by atoms with Gasteiger partial charge in [0.15, 0.2) is 0 Å². The number of H-pyrrole nitrogens is 1. The van der Waals surface area contributed by atoms with Crippen molar-refractivity contribution in [3.8, 4) is 0 Å². The van der Waals surface area contributed by atoms with Crippen LogP contribution in [0.5, 0.6) is 0 Å². The number of piperidine rings is 1. The summed E-state index contributed by atoms with van der Waals surface area (Å²) in [5, 5.41) is 3.28. The highest BCUT2D eigenvalue weighted by Gasteiger charge is 2.22. The average Bonchev–Trinajstić information content (AvgIpc) is 3.27. The standard InChI is InChI=1S/C23H26N6O/c1-17-3-2-4-21(27-17)28-22-14-19(7-10-25-22)13-18-8-11-29(12-9-18)23(30)6-5-20-15-24-16-26-20/h2-7,10,14-16,18H,8-9,11-13H2,1H3,(H,24,26)(H,25,27,28). The Morgan fingerprint density at radius 3 is 2.90 bits per heavy atom. The molecule has 3 aromatic rings. The third-order valence-corrected chi connectivity index (χ3v) is 5.34. The number of nitrogens with one attached hydrogen (secondary N) is 2. The molecular weight excluding hydrogens is 376 g/mol. The Kier molecular flexibility index (Phi) is 6.17. The number of aromatic amines is 1. The van der Waals surface area contributed by atoms with E-state index in [2.05, 4.69) is 37.4 Å². The number of carbonyl (C=O) groups excluding carboxylic acids is 1.